The topological polar surface area (TPSA) is 40.7 Å². The Morgan fingerprint density at radius 3 is 3.00 bits per heavy atom. The summed E-state index contributed by atoms with van der Waals surface area (Å²) in [5.74, 6) is 0.782. The van der Waals surface area contributed by atoms with Crippen LogP contribution in [0.2, 0.25) is 0 Å². The zero-order valence-electron chi connectivity index (χ0n) is 11.5. The minimum absolute atomic E-state index is 0.782. The number of pyridine rings is 1. The molecule has 0 radical (unpaired) electrons. The molecule has 2 aromatic heterocycles. The molecule has 1 aliphatic heterocycles. The minimum Gasteiger partial charge on any atom is -0.354 e. The molecule has 1 atom stereocenters. The van der Waals surface area contributed by atoms with Gasteiger partial charge in [0.05, 0.1) is 0 Å². The SMILES string of the molecule is c1cc2[nH]c3ccc(CC4CCCNC4)cc3c2cn1. The molecular weight excluding hydrogens is 246 g/mol. The van der Waals surface area contributed by atoms with Crippen LogP contribution in [0, 0.1) is 5.92 Å². The van der Waals surface area contributed by atoms with Gasteiger partial charge >= 0.3 is 0 Å². The number of nitrogens with zero attached hydrogens (tertiary/aromatic N) is 1. The van der Waals surface area contributed by atoms with E-state index in [2.05, 4.69) is 33.5 Å². The van der Waals surface area contributed by atoms with Crippen LogP contribution in [0.15, 0.2) is 36.7 Å². The molecule has 3 heterocycles. The predicted octanol–water partition coefficient (Wildman–Crippen LogP) is 3.26. The van der Waals surface area contributed by atoms with E-state index in [0.717, 1.165) is 12.5 Å². The summed E-state index contributed by atoms with van der Waals surface area (Å²) in [5.41, 5.74) is 3.82. The molecule has 1 aromatic carbocycles. The van der Waals surface area contributed by atoms with E-state index in [1.165, 1.54) is 53.2 Å². The van der Waals surface area contributed by atoms with Gasteiger partial charge in [-0.05, 0) is 62.0 Å². The smallest absolute Gasteiger partial charge is 0.0495 e. The first-order chi connectivity index (χ1) is 9.90. The molecule has 3 aromatic rings. The standard InChI is InChI=1S/C17H19N3/c1-2-13(10-18-6-1)8-12-3-4-16-14(9-12)15-11-19-7-5-17(15)20-16/h3-5,7,9,11,13,18,20H,1-2,6,8,10H2. The van der Waals surface area contributed by atoms with Crippen molar-refractivity contribution in [2.24, 2.45) is 5.92 Å². The fourth-order valence-corrected chi connectivity index (χ4v) is 3.34. The normalized spacial score (nSPS) is 19.7. The van der Waals surface area contributed by atoms with Crippen molar-refractivity contribution in [2.45, 2.75) is 19.3 Å². The van der Waals surface area contributed by atoms with Gasteiger partial charge in [-0.1, -0.05) is 6.07 Å². The molecule has 20 heavy (non-hydrogen) atoms. The van der Waals surface area contributed by atoms with E-state index >= 15 is 0 Å². The second kappa shape index (κ2) is 4.91. The van der Waals surface area contributed by atoms with Gasteiger partial charge in [-0.15, -0.1) is 0 Å². The molecule has 1 saturated heterocycles. The van der Waals surface area contributed by atoms with Crippen molar-refractivity contribution in [3.63, 3.8) is 0 Å². The number of aromatic nitrogens is 2. The number of fused-ring (bicyclic) bond motifs is 3. The summed E-state index contributed by atoms with van der Waals surface area (Å²) in [4.78, 5) is 7.71. The molecule has 3 nitrogen and oxygen atoms in total. The number of H-pyrrole nitrogens is 1. The monoisotopic (exact) mass is 265 g/mol. The average Bonchev–Trinajstić information content (AvgIpc) is 2.86. The van der Waals surface area contributed by atoms with Gasteiger partial charge in [-0.2, -0.15) is 0 Å². The van der Waals surface area contributed by atoms with Crippen LogP contribution in [0.3, 0.4) is 0 Å². The molecule has 0 amide bonds. The highest BCUT2D eigenvalue weighted by Gasteiger charge is 2.14. The maximum absolute atomic E-state index is 4.25. The van der Waals surface area contributed by atoms with Crippen LogP contribution < -0.4 is 5.32 Å². The molecule has 1 unspecified atom stereocenters. The van der Waals surface area contributed by atoms with Crippen LogP contribution in [0.5, 0.6) is 0 Å². The molecular formula is C17H19N3. The first kappa shape index (κ1) is 11.9. The molecule has 4 rings (SSSR count). The van der Waals surface area contributed by atoms with E-state index < -0.39 is 0 Å². The lowest BCUT2D eigenvalue weighted by Crippen LogP contribution is -2.30. The summed E-state index contributed by atoms with van der Waals surface area (Å²) in [6.45, 7) is 2.34. The molecule has 0 bridgehead atoms. The maximum Gasteiger partial charge on any atom is 0.0495 e. The summed E-state index contributed by atoms with van der Waals surface area (Å²) < 4.78 is 0. The van der Waals surface area contributed by atoms with Crippen molar-refractivity contribution < 1.29 is 0 Å². The van der Waals surface area contributed by atoms with Crippen molar-refractivity contribution in [3.05, 3.63) is 42.2 Å². The summed E-state index contributed by atoms with van der Waals surface area (Å²) >= 11 is 0. The average molecular weight is 265 g/mol. The third-order valence-corrected chi connectivity index (χ3v) is 4.39. The molecule has 1 fully saturated rings. The highest BCUT2D eigenvalue weighted by molar-refractivity contribution is 6.06. The Bertz CT molecular complexity index is 738. The predicted molar refractivity (Wildman–Crippen MR) is 82.9 cm³/mol. The van der Waals surface area contributed by atoms with Gasteiger partial charge in [0.1, 0.15) is 0 Å². The van der Waals surface area contributed by atoms with Crippen molar-refractivity contribution >= 4 is 21.8 Å². The summed E-state index contributed by atoms with van der Waals surface area (Å²) in [6.07, 6.45) is 7.63. The lowest BCUT2D eigenvalue weighted by atomic mass is 9.92. The number of hydrogen-bond donors (Lipinski definition) is 2. The van der Waals surface area contributed by atoms with E-state index in [4.69, 9.17) is 0 Å². The summed E-state index contributed by atoms with van der Waals surface area (Å²) in [7, 11) is 0. The lowest BCUT2D eigenvalue weighted by Gasteiger charge is -2.22. The second-order valence-electron chi connectivity index (χ2n) is 5.84. The molecule has 0 spiro atoms. The Morgan fingerprint density at radius 1 is 1.15 bits per heavy atom. The Hall–Kier alpha value is -1.87. The number of nitrogens with one attached hydrogen (secondary N) is 2. The van der Waals surface area contributed by atoms with Crippen LogP contribution in [0.4, 0.5) is 0 Å². The quantitative estimate of drug-likeness (QED) is 0.746. The highest BCUT2D eigenvalue weighted by Crippen LogP contribution is 2.26. The van der Waals surface area contributed by atoms with Crippen LogP contribution >= 0.6 is 0 Å². The van der Waals surface area contributed by atoms with E-state index in [-0.39, 0.29) is 0 Å². The minimum atomic E-state index is 0.782. The van der Waals surface area contributed by atoms with Crippen molar-refractivity contribution in [2.75, 3.05) is 13.1 Å². The molecule has 102 valence electrons. The first-order valence-corrected chi connectivity index (χ1v) is 7.45. The number of benzene rings is 1. The number of rotatable bonds is 2. The van der Waals surface area contributed by atoms with Gasteiger partial charge < -0.3 is 10.3 Å². The Balaban J connectivity index is 1.71. The van der Waals surface area contributed by atoms with E-state index in [0.29, 0.717) is 0 Å². The van der Waals surface area contributed by atoms with Gasteiger partial charge in [0.2, 0.25) is 0 Å². The largest absolute Gasteiger partial charge is 0.354 e. The van der Waals surface area contributed by atoms with E-state index in [1.54, 1.807) is 0 Å². The second-order valence-corrected chi connectivity index (χ2v) is 5.84. The number of hydrogen-bond acceptors (Lipinski definition) is 2. The summed E-state index contributed by atoms with van der Waals surface area (Å²) in [6, 6.07) is 8.85. The van der Waals surface area contributed by atoms with Gasteiger partial charge in [0, 0.05) is 34.2 Å². The molecule has 0 aliphatic carbocycles. The fraction of sp³-hybridized carbons (Fsp3) is 0.353. The van der Waals surface area contributed by atoms with Gasteiger partial charge in [0.15, 0.2) is 0 Å². The van der Waals surface area contributed by atoms with Crippen molar-refractivity contribution in [1.29, 1.82) is 0 Å². The Kier molecular flexibility index (Phi) is 2.92. The molecule has 1 aliphatic rings. The van der Waals surface area contributed by atoms with Crippen molar-refractivity contribution in [1.82, 2.24) is 15.3 Å². The van der Waals surface area contributed by atoms with Crippen LogP contribution in [-0.4, -0.2) is 23.1 Å². The third-order valence-electron chi connectivity index (χ3n) is 4.39. The third kappa shape index (κ3) is 2.08. The Labute approximate surface area is 118 Å². The van der Waals surface area contributed by atoms with Crippen molar-refractivity contribution in [3.8, 4) is 0 Å². The Morgan fingerprint density at radius 2 is 2.10 bits per heavy atom. The van der Waals surface area contributed by atoms with Gasteiger partial charge in [-0.3, -0.25) is 4.98 Å². The van der Waals surface area contributed by atoms with E-state index in [1.807, 2.05) is 18.5 Å². The first-order valence-electron chi connectivity index (χ1n) is 7.45. The molecule has 0 saturated carbocycles. The van der Waals surface area contributed by atoms with Crippen LogP contribution in [-0.2, 0) is 6.42 Å². The molecule has 2 N–H and O–H groups in total. The van der Waals surface area contributed by atoms with Gasteiger partial charge in [0.25, 0.3) is 0 Å². The van der Waals surface area contributed by atoms with Crippen LogP contribution in [0.1, 0.15) is 18.4 Å². The number of piperidine rings is 1. The van der Waals surface area contributed by atoms with Gasteiger partial charge in [-0.25, -0.2) is 0 Å². The fourth-order valence-electron chi connectivity index (χ4n) is 3.34. The lowest BCUT2D eigenvalue weighted by molar-refractivity contribution is 0.376. The maximum atomic E-state index is 4.25. The highest BCUT2D eigenvalue weighted by atomic mass is 14.9. The van der Waals surface area contributed by atoms with E-state index in [9.17, 15) is 0 Å². The zero-order valence-corrected chi connectivity index (χ0v) is 11.5. The molecule has 3 heteroatoms. The van der Waals surface area contributed by atoms with Crippen LogP contribution in [0.25, 0.3) is 21.8 Å². The zero-order chi connectivity index (χ0) is 13.4. The summed E-state index contributed by atoms with van der Waals surface area (Å²) in [5, 5.41) is 6.03. The number of aromatic amines is 1.